The van der Waals surface area contributed by atoms with Crippen molar-refractivity contribution < 1.29 is 5.11 Å². The molecule has 0 aliphatic heterocycles. The number of hydrogen-bond acceptors (Lipinski definition) is 2. The van der Waals surface area contributed by atoms with Gasteiger partial charge >= 0.3 is 0 Å². The molecule has 266 valence electrons. The summed E-state index contributed by atoms with van der Waals surface area (Å²) >= 11 is 0. The quantitative estimate of drug-likeness (QED) is 0.177. The van der Waals surface area contributed by atoms with Crippen LogP contribution < -0.4 is 4.90 Å². The first-order valence-electron chi connectivity index (χ1n) is 19.2. The van der Waals surface area contributed by atoms with Gasteiger partial charge in [0.2, 0.25) is 0 Å². The van der Waals surface area contributed by atoms with Gasteiger partial charge in [0.1, 0.15) is 5.60 Å². The van der Waals surface area contributed by atoms with E-state index in [0.717, 1.165) is 44.9 Å². The fourth-order valence-electron chi connectivity index (χ4n) is 8.58. The average molecular weight is 718 g/mol. The lowest BCUT2D eigenvalue weighted by Gasteiger charge is -2.28. The minimum atomic E-state index is -1.10. The van der Waals surface area contributed by atoms with E-state index in [0.29, 0.717) is 0 Å². The lowest BCUT2D eigenvalue weighted by Crippen LogP contribution is -2.20. The fourth-order valence-corrected chi connectivity index (χ4v) is 8.58. The van der Waals surface area contributed by atoms with Gasteiger partial charge in [0.05, 0.1) is 0 Å². The molecule has 0 bridgehead atoms. The average Bonchev–Trinajstić information content (AvgIpc) is 3.49. The molecular formula is C54H39NO. The summed E-state index contributed by atoms with van der Waals surface area (Å²) in [6.45, 7) is 1.91. The second-order valence-corrected chi connectivity index (χ2v) is 14.8. The van der Waals surface area contributed by atoms with Crippen LogP contribution in [0.2, 0.25) is 0 Å². The van der Waals surface area contributed by atoms with Crippen LogP contribution in [0.3, 0.4) is 0 Å². The van der Waals surface area contributed by atoms with Crippen molar-refractivity contribution >= 4 is 27.8 Å². The van der Waals surface area contributed by atoms with Crippen molar-refractivity contribution in [2.45, 2.75) is 12.5 Å². The van der Waals surface area contributed by atoms with Gasteiger partial charge in [-0.3, -0.25) is 0 Å². The van der Waals surface area contributed by atoms with Crippen molar-refractivity contribution in [1.29, 1.82) is 0 Å². The number of fused-ring (bicyclic) bond motifs is 4. The number of nitrogens with zero attached hydrogens (tertiary/aromatic N) is 1. The van der Waals surface area contributed by atoms with Crippen molar-refractivity contribution in [3.05, 3.63) is 223 Å². The molecular weight excluding hydrogens is 679 g/mol. The topological polar surface area (TPSA) is 23.5 Å². The van der Waals surface area contributed by atoms with E-state index < -0.39 is 5.60 Å². The summed E-state index contributed by atoms with van der Waals surface area (Å²) in [7, 11) is 0. The van der Waals surface area contributed by atoms with Crippen molar-refractivity contribution in [3.8, 4) is 55.6 Å². The van der Waals surface area contributed by atoms with Gasteiger partial charge in [-0.05, 0) is 133 Å². The second kappa shape index (κ2) is 13.7. The number of aliphatic hydroxyl groups is 1. The number of anilines is 3. The molecule has 0 fully saturated rings. The monoisotopic (exact) mass is 717 g/mol. The summed E-state index contributed by atoms with van der Waals surface area (Å²) in [5.74, 6) is 0. The molecule has 10 rings (SSSR count). The van der Waals surface area contributed by atoms with Crippen LogP contribution in [0.5, 0.6) is 0 Å². The Bertz CT molecular complexity index is 2800. The Morgan fingerprint density at radius 1 is 0.339 bits per heavy atom. The highest BCUT2D eigenvalue weighted by Crippen LogP contribution is 2.50. The molecule has 0 amide bonds. The molecule has 1 unspecified atom stereocenters. The minimum absolute atomic E-state index is 0.914. The molecule has 1 aliphatic carbocycles. The van der Waals surface area contributed by atoms with E-state index in [1.807, 2.05) is 25.1 Å². The van der Waals surface area contributed by atoms with Crippen LogP contribution in [0, 0.1) is 0 Å². The van der Waals surface area contributed by atoms with E-state index in [1.165, 1.54) is 49.7 Å². The lowest BCUT2D eigenvalue weighted by atomic mass is 9.84. The summed E-state index contributed by atoms with van der Waals surface area (Å²) in [5, 5.41) is 14.3. The Balaban J connectivity index is 1.16. The van der Waals surface area contributed by atoms with Gasteiger partial charge < -0.3 is 10.0 Å². The van der Waals surface area contributed by atoms with Crippen molar-refractivity contribution in [2.75, 3.05) is 4.90 Å². The minimum Gasteiger partial charge on any atom is -0.381 e. The number of hydrogen-bond donors (Lipinski definition) is 1. The molecule has 9 aromatic rings. The van der Waals surface area contributed by atoms with Crippen LogP contribution in [-0.2, 0) is 5.60 Å². The van der Waals surface area contributed by atoms with Crippen LogP contribution in [-0.4, -0.2) is 5.11 Å². The molecule has 0 saturated carbocycles. The molecule has 0 radical (unpaired) electrons. The van der Waals surface area contributed by atoms with Gasteiger partial charge in [0.25, 0.3) is 0 Å². The Morgan fingerprint density at radius 3 is 1.50 bits per heavy atom. The molecule has 1 atom stereocenters. The summed E-state index contributed by atoms with van der Waals surface area (Å²) in [5.41, 5.74) is 15.4. The Kier molecular flexibility index (Phi) is 8.21. The highest BCUT2D eigenvalue weighted by Gasteiger charge is 2.38. The number of rotatable bonds is 7. The van der Waals surface area contributed by atoms with Gasteiger partial charge in [0.15, 0.2) is 0 Å². The largest absolute Gasteiger partial charge is 0.381 e. The van der Waals surface area contributed by atoms with Crippen LogP contribution >= 0.6 is 0 Å². The maximum Gasteiger partial charge on any atom is 0.113 e. The SMILES string of the molecule is CC1(O)c2ccccc2-c2ccc(N(c3ccc(-c4c(-c5ccccc5)cc(-c5ccccc5)cc4-c4ccccc4)cc3)c3ccc4ccccc4c3)cc21. The third kappa shape index (κ3) is 5.80. The van der Waals surface area contributed by atoms with Crippen molar-refractivity contribution in [1.82, 2.24) is 0 Å². The zero-order valence-corrected chi connectivity index (χ0v) is 31.1. The van der Waals surface area contributed by atoms with Crippen LogP contribution in [0.4, 0.5) is 17.1 Å². The van der Waals surface area contributed by atoms with Gasteiger partial charge in [-0.1, -0.05) is 164 Å². The van der Waals surface area contributed by atoms with Crippen LogP contribution in [0.25, 0.3) is 66.4 Å². The first kappa shape index (κ1) is 33.6. The molecule has 9 aromatic carbocycles. The Morgan fingerprint density at radius 2 is 0.839 bits per heavy atom. The molecule has 0 aromatic heterocycles. The first-order chi connectivity index (χ1) is 27.5. The van der Waals surface area contributed by atoms with Crippen molar-refractivity contribution in [2.24, 2.45) is 0 Å². The molecule has 0 heterocycles. The van der Waals surface area contributed by atoms with E-state index >= 15 is 0 Å². The predicted octanol–water partition coefficient (Wildman–Crippen LogP) is 14.2. The molecule has 0 spiro atoms. The zero-order chi connectivity index (χ0) is 37.6. The third-order valence-electron chi connectivity index (χ3n) is 11.3. The van der Waals surface area contributed by atoms with E-state index in [2.05, 4.69) is 199 Å². The Labute approximate surface area is 328 Å². The van der Waals surface area contributed by atoms with Gasteiger partial charge in [0, 0.05) is 17.1 Å². The molecule has 2 nitrogen and oxygen atoms in total. The zero-order valence-electron chi connectivity index (χ0n) is 31.1. The van der Waals surface area contributed by atoms with Gasteiger partial charge in [-0.15, -0.1) is 0 Å². The highest BCUT2D eigenvalue weighted by molar-refractivity contribution is 5.98. The maximum atomic E-state index is 12.0. The smallest absolute Gasteiger partial charge is 0.113 e. The molecule has 56 heavy (non-hydrogen) atoms. The molecule has 2 heteroatoms. The molecule has 1 N–H and O–H groups in total. The maximum absolute atomic E-state index is 12.0. The lowest BCUT2D eigenvalue weighted by molar-refractivity contribution is 0.107. The van der Waals surface area contributed by atoms with E-state index in [-0.39, 0.29) is 0 Å². The predicted molar refractivity (Wildman–Crippen MR) is 234 cm³/mol. The molecule has 0 saturated heterocycles. The van der Waals surface area contributed by atoms with E-state index in [4.69, 9.17) is 0 Å². The summed E-state index contributed by atoms with van der Waals surface area (Å²) in [6, 6.07) is 75.6. The van der Waals surface area contributed by atoms with Gasteiger partial charge in [-0.2, -0.15) is 0 Å². The van der Waals surface area contributed by atoms with E-state index in [1.54, 1.807) is 0 Å². The first-order valence-corrected chi connectivity index (χ1v) is 19.2. The second-order valence-electron chi connectivity index (χ2n) is 14.8. The van der Waals surface area contributed by atoms with Gasteiger partial charge in [-0.25, -0.2) is 0 Å². The van der Waals surface area contributed by atoms with Crippen LogP contribution in [0.1, 0.15) is 18.1 Å². The summed E-state index contributed by atoms with van der Waals surface area (Å²) in [4.78, 5) is 2.31. The number of benzene rings is 9. The van der Waals surface area contributed by atoms with E-state index in [9.17, 15) is 5.11 Å². The Hall–Kier alpha value is -7.00. The standard InChI is InChI=1S/C54H39NO/c1-54(56)51-24-14-13-23-47(51)48-32-31-46(36-52(48)54)55(45-30-25-38-17-11-12-22-42(38)33-45)44-28-26-41(27-29-44)53-49(39-18-7-3-8-19-39)34-43(37-15-5-2-6-16-37)35-50(53)40-20-9-4-10-21-40/h2-36,56H,1H3. The fraction of sp³-hybridized carbons (Fsp3) is 0.0370. The van der Waals surface area contributed by atoms with Crippen LogP contribution in [0.15, 0.2) is 212 Å². The summed E-state index contributed by atoms with van der Waals surface area (Å²) < 4.78 is 0. The summed E-state index contributed by atoms with van der Waals surface area (Å²) in [6.07, 6.45) is 0. The third-order valence-corrected chi connectivity index (χ3v) is 11.3. The molecule has 1 aliphatic rings. The normalized spacial score (nSPS) is 14.3. The van der Waals surface area contributed by atoms with Crippen molar-refractivity contribution in [3.63, 3.8) is 0 Å². The highest BCUT2D eigenvalue weighted by atomic mass is 16.3.